The van der Waals surface area contributed by atoms with Gasteiger partial charge in [-0.2, -0.15) is 22.3 Å². The number of nitriles is 2. The average Bonchev–Trinajstić information content (AvgIpc) is 2.05. The van der Waals surface area contributed by atoms with Crippen LogP contribution in [0.1, 0.15) is 19.8 Å². The van der Waals surface area contributed by atoms with Gasteiger partial charge in [0.25, 0.3) is 0 Å². The van der Waals surface area contributed by atoms with E-state index in [0.717, 1.165) is 17.9 Å². The van der Waals surface area contributed by atoms with Crippen LogP contribution in [0, 0.1) is 28.6 Å². The van der Waals surface area contributed by atoms with Gasteiger partial charge in [0.15, 0.2) is 0 Å². The van der Waals surface area contributed by atoms with E-state index in [1.165, 1.54) is 0 Å². The Bertz CT molecular complexity index is 166. The standard InChI is InChI=1S/C8H12N2S/c1-2-11-7-8(6-10)4-3-5-9/h8H,2-4,7H2,1H3. The number of nitrogens with zero attached hydrogens (tertiary/aromatic N) is 2. The number of thioether (sulfide) groups is 1. The zero-order valence-electron chi connectivity index (χ0n) is 6.71. The second kappa shape index (κ2) is 7.44. The molecule has 1 atom stereocenters. The Kier molecular flexibility index (Phi) is 6.98. The third kappa shape index (κ3) is 5.76. The summed E-state index contributed by atoms with van der Waals surface area (Å²) >= 11 is 1.76. The molecular weight excluding hydrogens is 156 g/mol. The summed E-state index contributed by atoms with van der Waals surface area (Å²) in [6.45, 7) is 2.07. The van der Waals surface area contributed by atoms with Gasteiger partial charge in [0.05, 0.1) is 18.1 Å². The Balaban J connectivity index is 3.45. The van der Waals surface area contributed by atoms with E-state index in [9.17, 15) is 0 Å². The smallest absolute Gasteiger partial charge is 0.0664 e. The number of hydrogen-bond donors (Lipinski definition) is 0. The van der Waals surface area contributed by atoms with Gasteiger partial charge in [0.1, 0.15) is 0 Å². The van der Waals surface area contributed by atoms with Gasteiger partial charge in [0.2, 0.25) is 0 Å². The summed E-state index contributed by atoms with van der Waals surface area (Å²) in [4.78, 5) is 0. The molecule has 0 rings (SSSR count). The van der Waals surface area contributed by atoms with Crippen molar-refractivity contribution in [1.82, 2.24) is 0 Å². The molecule has 0 aromatic heterocycles. The van der Waals surface area contributed by atoms with Crippen LogP contribution in [0.2, 0.25) is 0 Å². The second-order valence-electron chi connectivity index (χ2n) is 2.18. The Morgan fingerprint density at radius 2 is 2.18 bits per heavy atom. The fraction of sp³-hybridized carbons (Fsp3) is 0.750. The minimum Gasteiger partial charge on any atom is -0.198 e. The van der Waals surface area contributed by atoms with Crippen LogP contribution in [0.4, 0.5) is 0 Å². The normalized spacial score (nSPS) is 11.5. The molecule has 0 saturated heterocycles. The lowest BCUT2D eigenvalue weighted by Gasteiger charge is -2.03. The van der Waals surface area contributed by atoms with Crippen LogP contribution in [0.5, 0.6) is 0 Å². The summed E-state index contributed by atoms with van der Waals surface area (Å²) in [5.41, 5.74) is 0. The summed E-state index contributed by atoms with van der Waals surface area (Å²) in [5, 5.41) is 16.9. The van der Waals surface area contributed by atoms with E-state index in [2.05, 4.69) is 13.0 Å². The van der Waals surface area contributed by atoms with Crippen LogP contribution in [-0.4, -0.2) is 11.5 Å². The number of hydrogen-bond acceptors (Lipinski definition) is 3. The molecule has 0 amide bonds. The Labute approximate surface area is 72.2 Å². The monoisotopic (exact) mass is 168 g/mol. The zero-order chi connectivity index (χ0) is 8.53. The molecule has 3 heteroatoms. The minimum absolute atomic E-state index is 0.0691. The first-order valence-electron chi connectivity index (χ1n) is 3.69. The van der Waals surface area contributed by atoms with Crippen LogP contribution in [-0.2, 0) is 0 Å². The van der Waals surface area contributed by atoms with Crippen LogP contribution in [0.25, 0.3) is 0 Å². The van der Waals surface area contributed by atoms with Crippen molar-refractivity contribution in [3.05, 3.63) is 0 Å². The highest BCUT2D eigenvalue weighted by Crippen LogP contribution is 2.12. The predicted octanol–water partition coefficient (Wildman–Crippen LogP) is 2.18. The van der Waals surface area contributed by atoms with Gasteiger partial charge in [-0.3, -0.25) is 0 Å². The van der Waals surface area contributed by atoms with Gasteiger partial charge in [-0.1, -0.05) is 6.92 Å². The molecule has 0 aromatic rings. The predicted molar refractivity (Wildman–Crippen MR) is 46.9 cm³/mol. The molecule has 0 aliphatic carbocycles. The summed E-state index contributed by atoms with van der Waals surface area (Å²) in [7, 11) is 0. The minimum atomic E-state index is 0.0691. The highest BCUT2D eigenvalue weighted by atomic mass is 32.2. The van der Waals surface area contributed by atoms with Crippen molar-refractivity contribution >= 4 is 11.8 Å². The summed E-state index contributed by atoms with van der Waals surface area (Å²) in [6, 6.07) is 4.25. The maximum absolute atomic E-state index is 8.61. The first-order chi connectivity index (χ1) is 5.35. The molecule has 0 bridgehead atoms. The second-order valence-corrected chi connectivity index (χ2v) is 3.50. The van der Waals surface area contributed by atoms with Crippen molar-refractivity contribution in [2.45, 2.75) is 19.8 Å². The number of rotatable bonds is 5. The van der Waals surface area contributed by atoms with Gasteiger partial charge < -0.3 is 0 Å². The zero-order valence-corrected chi connectivity index (χ0v) is 7.52. The largest absolute Gasteiger partial charge is 0.198 e. The lowest BCUT2D eigenvalue weighted by atomic mass is 10.1. The molecule has 0 fully saturated rings. The van der Waals surface area contributed by atoms with E-state index in [0.29, 0.717) is 6.42 Å². The van der Waals surface area contributed by atoms with Crippen LogP contribution >= 0.6 is 11.8 Å². The molecule has 0 saturated carbocycles. The highest BCUT2D eigenvalue weighted by molar-refractivity contribution is 7.99. The van der Waals surface area contributed by atoms with Crippen molar-refractivity contribution in [2.24, 2.45) is 5.92 Å². The summed E-state index contributed by atoms with van der Waals surface area (Å²) < 4.78 is 0. The van der Waals surface area contributed by atoms with Crippen molar-refractivity contribution < 1.29 is 0 Å². The molecule has 11 heavy (non-hydrogen) atoms. The van der Waals surface area contributed by atoms with E-state index in [1.54, 1.807) is 11.8 Å². The molecule has 1 unspecified atom stereocenters. The summed E-state index contributed by atoms with van der Waals surface area (Å²) in [6.07, 6.45) is 1.22. The first-order valence-corrected chi connectivity index (χ1v) is 4.85. The maximum atomic E-state index is 8.61. The lowest BCUT2D eigenvalue weighted by molar-refractivity contribution is 0.685. The van der Waals surface area contributed by atoms with Gasteiger partial charge in [-0.15, -0.1) is 0 Å². The molecule has 0 heterocycles. The fourth-order valence-electron chi connectivity index (χ4n) is 0.684. The SMILES string of the molecule is CCSCC(C#N)CCC#N. The molecule has 2 nitrogen and oxygen atoms in total. The van der Waals surface area contributed by atoms with Gasteiger partial charge in [-0.25, -0.2) is 0 Å². The highest BCUT2D eigenvalue weighted by Gasteiger charge is 2.05. The molecular formula is C8H12N2S. The van der Waals surface area contributed by atoms with E-state index < -0.39 is 0 Å². The van der Waals surface area contributed by atoms with Gasteiger partial charge in [0, 0.05) is 12.2 Å². The average molecular weight is 168 g/mol. The van der Waals surface area contributed by atoms with Crippen LogP contribution < -0.4 is 0 Å². The molecule has 60 valence electrons. The quantitative estimate of drug-likeness (QED) is 0.632. The van der Waals surface area contributed by atoms with Crippen LogP contribution in [0.15, 0.2) is 0 Å². The van der Waals surface area contributed by atoms with E-state index in [-0.39, 0.29) is 5.92 Å². The third-order valence-electron chi connectivity index (χ3n) is 1.31. The molecule has 0 spiro atoms. The van der Waals surface area contributed by atoms with E-state index >= 15 is 0 Å². The Morgan fingerprint density at radius 3 is 2.64 bits per heavy atom. The first kappa shape index (κ1) is 10.3. The van der Waals surface area contributed by atoms with Crippen molar-refractivity contribution in [1.29, 1.82) is 10.5 Å². The van der Waals surface area contributed by atoms with Crippen molar-refractivity contribution in [2.75, 3.05) is 11.5 Å². The van der Waals surface area contributed by atoms with Crippen molar-refractivity contribution in [3.63, 3.8) is 0 Å². The van der Waals surface area contributed by atoms with Gasteiger partial charge in [-0.05, 0) is 12.2 Å². The topological polar surface area (TPSA) is 47.6 Å². The van der Waals surface area contributed by atoms with Crippen LogP contribution in [0.3, 0.4) is 0 Å². The maximum Gasteiger partial charge on any atom is 0.0664 e. The molecule has 0 aliphatic rings. The fourth-order valence-corrected chi connectivity index (χ4v) is 1.45. The molecule has 0 aromatic carbocycles. The Morgan fingerprint density at radius 1 is 1.45 bits per heavy atom. The molecule has 0 N–H and O–H groups in total. The summed E-state index contributed by atoms with van der Waals surface area (Å²) in [5.74, 6) is 1.99. The lowest BCUT2D eigenvalue weighted by Crippen LogP contribution is -2.00. The van der Waals surface area contributed by atoms with E-state index in [4.69, 9.17) is 10.5 Å². The van der Waals surface area contributed by atoms with Crippen molar-refractivity contribution in [3.8, 4) is 12.1 Å². The Hall–Kier alpha value is -0.670. The molecule has 0 radical (unpaired) electrons. The van der Waals surface area contributed by atoms with E-state index in [1.807, 2.05) is 6.07 Å². The third-order valence-corrected chi connectivity index (χ3v) is 2.36. The van der Waals surface area contributed by atoms with Gasteiger partial charge >= 0.3 is 0 Å². The molecule has 0 aliphatic heterocycles.